The summed E-state index contributed by atoms with van der Waals surface area (Å²) in [5.41, 5.74) is 0.960. The molecule has 1 saturated carbocycles. The van der Waals surface area contributed by atoms with Crippen LogP contribution < -0.4 is 10.0 Å². The Morgan fingerprint density at radius 1 is 1.15 bits per heavy atom. The third-order valence-electron chi connectivity index (χ3n) is 3.78. The number of benzene rings is 1. The molecule has 0 bridgehead atoms. The number of rotatable bonds is 7. The Morgan fingerprint density at radius 2 is 1.80 bits per heavy atom. The lowest BCUT2D eigenvalue weighted by Crippen LogP contribution is -2.28. The largest absolute Gasteiger partial charge is 0.385 e. The van der Waals surface area contributed by atoms with Crippen molar-refractivity contribution in [3.63, 3.8) is 0 Å². The first-order valence-corrected chi connectivity index (χ1v) is 8.94. The third-order valence-corrected chi connectivity index (χ3v) is 5.22. The standard InChI is InChI=1S/C15H24N2O2S/c1-2-11-16-14-7-9-15(10-8-14)20(18,19)17-12-13-5-3-4-6-13/h7-10,13,16-17H,2-6,11-12H2,1H3. The summed E-state index contributed by atoms with van der Waals surface area (Å²) in [4.78, 5) is 0.345. The highest BCUT2D eigenvalue weighted by molar-refractivity contribution is 7.89. The van der Waals surface area contributed by atoms with E-state index in [1.54, 1.807) is 12.1 Å². The molecule has 2 rings (SSSR count). The molecular formula is C15H24N2O2S. The zero-order valence-electron chi connectivity index (χ0n) is 12.1. The fourth-order valence-corrected chi connectivity index (χ4v) is 3.66. The highest BCUT2D eigenvalue weighted by Gasteiger charge is 2.19. The predicted octanol–water partition coefficient (Wildman–Crippen LogP) is 2.98. The minimum Gasteiger partial charge on any atom is -0.385 e. The molecule has 0 unspecified atom stereocenters. The molecule has 0 spiro atoms. The molecule has 0 saturated heterocycles. The molecule has 112 valence electrons. The van der Waals surface area contributed by atoms with Crippen LogP contribution in [0.15, 0.2) is 29.2 Å². The second kappa shape index (κ2) is 7.09. The predicted molar refractivity (Wildman–Crippen MR) is 82.4 cm³/mol. The van der Waals surface area contributed by atoms with Gasteiger partial charge in [0.2, 0.25) is 10.0 Å². The summed E-state index contributed by atoms with van der Waals surface area (Å²) in [5.74, 6) is 0.510. The fraction of sp³-hybridized carbons (Fsp3) is 0.600. The summed E-state index contributed by atoms with van der Waals surface area (Å²) in [6.45, 7) is 3.56. The highest BCUT2D eigenvalue weighted by atomic mass is 32.2. The summed E-state index contributed by atoms with van der Waals surface area (Å²) in [7, 11) is -3.36. The SMILES string of the molecule is CCCNc1ccc(S(=O)(=O)NCC2CCCC2)cc1. The van der Waals surface area contributed by atoms with Crippen LogP contribution in [0.2, 0.25) is 0 Å². The average molecular weight is 296 g/mol. The van der Waals surface area contributed by atoms with E-state index in [0.717, 1.165) is 31.5 Å². The molecule has 0 aromatic heterocycles. The van der Waals surface area contributed by atoms with Crippen molar-refractivity contribution in [3.05, 3.63) is 24.3 Å². The first-order chi connectivity index (χ1) is 9.62. The topological polar surface area (TPSA) is 58.2 Å². The van der Waals surface area contributed by atoms with Gasteiger partial charge in [-0.1, -0.05) is 19.8 Å². The summed E-state index contributed by atoms with van der Waals surface area (Å²) in [6, 6.07) is 6.96. The van der Waals surface area contributed by atoms with Gasteiger partial charge < -0.3 is 5.32 Å². The van der Waals surface area contributed by atoms with E-state index in [4.69, 9.17) is 0 Å². The number of sulfonamides is 1. The Hall–Kier alpha value is -1.07. The molecule has 1 aliphatic rings. The Kier molecular flexibility index (Phi) is 5.43. The molecule has 20 heavy (non-hydrogen) atoms. The van der Waals surface area contributed by atoms with Crippen molar-refractivity contribution in [2.75, 3.05) is 18.4 Å². The van der Waals surface area contributed by atoms with Crippen molar-refractivity contribution in [1.29, 1.82) is 0 Å². The molecule has 1 aromatic rings. The Bertz CT molecular complexity index is 505. The zero-order chi connectivity index (χ0) is 14.4. The van der Waals surface area contributed by atoms with Gasteiger partial charge in [0.05, 0.1) is 4.90 Å². The van der Waals surface area contributed by atoms with E-state index in [9.17, 15) is 8.42 Å². The van der Waals surface area contributed by atoms with Crippen molar-refractivity contribution in [2.24, 2.45) is 5.92 Å². The van der Waals surface area contributed by atoms with Crippen molar-refractivity contribution >= 4 is 15.7 Å². The minimum absolute atomic E-state index is 0.345. The van der Waals surface area contributed by atoms with Gasteiger partial charge in [-0.15, -0.1) is 0 Å². The fourth-order valence-electron chi connectivity index (χ4n) is 2.55. The molecule has 4 nitrogen and oxygen atoms in total. The van der Waals surface area contributed by atoms with Crippen molar-refractivity contribution < 1.29 is 8.42 Å². The quantitative estimate of drug-likeness (QED) is 0.813. The van der Waals surface area contributed by atoms with Crippen LogP contribution in [-0.2, 0) is 10.0 Å². The molecule has 2 N–H and O–H groups in total. The lowest BCUT2D eigenvalue weighted by atomic mass is 10.1. The second-order valence-electron chi connectivity index (χ2n) is 5.45. The van der Waals surface area contributed by atoms with Crippen LogP contribution in [0, 0.1) is 5.92 Å². The Labute approximate surface area is 122 Å². The highest BCUT2D eigenvalue weighted by Crippen LogP contribution is 2.24. The third kappa shape index (κ3) is 4.21. The van der Waals surface area contributed by atoms with Crippen LogP contribution in [-0.4, -0.2) is 21.5 Å². The lowest BCUT2D eigenvalue weighted by Gasteiger charge is -2.12. The van der Waals surface area contributed by atoms with E-state index in [1.807, 2.05) is 12.1 Å². The monoisotopic (exact) mass is 296 g/mol. The van der Waals surface area contributed by atoms with Gasteiger partial charge in [0.25, 0.3) is 0 Å². The van der Waals surface area contributed by atoms with Crippen LogP contribution in [0.1, 0.15) is 39.0 Å². The van der Waals surface area contributed by atoms with Gasteiger partial charge in [0.15, 0.2) is 0 Å². The molecule has 1 aromatic carbocycles. The maximum atomic E-state index is 12.2. The van der Waals surface area contributed by atoms with Crippen LogP contribution in [0.4, 0.5) is 5.69 Å². The summed E-state index contributed by atoms with van der Waals surface area (Å²) in [5, 5.41) is 3.23. The average Bonchev–Trinajstić information content (AvgIpc) is 2.97. The van der Waals surface area contributed by atoms with Crippen LogP contribution >= 0.6 is 0 Å². The number of hydrogen-bond acceptors (Lipinski definition) is 3. The van der Waals surface area contributed by atoms with Gasteiger partial charge in [0, 0.05) is 18.8 Å². The van der Waals surface area contributed by atoms with E-state index in [1.165, 1.54) is 12.8 Å². The molecule has 0 aliphatic heterocycles. The molecule has 1 fully saturated rings. The van der Waals surface area contributed by atoms with Gasteiger partial charge in [-0.2, -0.15) is 0 Å². The Balaban J connectivity index is 1.94. The number of hydrogen-bond donors (Lipinski definition) is 2. The van der Waals surface area contributed by atoms with Crippen LogP contribution in [0.5, 0.6) is 0 Å². The number of anilines is 1. The summed E-state index contributed by atoms with van der Waals surface area (Å²) in [6.07, 6.45) is 5.78. The smallest absolute Gasteiger partial charge is 0.240 e. The van der Waals surface area contributed by atoms with Gasteiger partial charge in [0.1, 0.15) is 0 Å². The van der Waals surface area contributed by atoms with Crippen molar-refractivity contribution in [2.45, 2.75) is 43.9 Å². The molecule has 0 radical (unpaired) electrons. The van der Waals surface area contributed by atoms with Gasteiger partial charge in [-0.25, -0.2) is 13.1 Å². The van der Waals surface area contributed by atoms with Crippen molar-refractivity contribution in [3.8, 4) is 0 Å². The zero-order valence-corrected chi connectivity index (χ0v) is 12.9. The first kappa shape index (κ1) is 15.3. The first-order valence-electron chi connectivity index (χ1n) is 7.45. The van der Waals surface area contributed by atoms with E-state index in [2.05, 4.69) is 17.0 Å². The minimum atomic E-state index is -3.36. The van der Waals surface area contributed by atoms with Gasteiger partial charge >= 0.3 is 0 Å². The van der Waals surface area contributed by atoms with E-state index in [-0.39, 0.29) is 0 Å². The van der Waals surface area contributed by atoms with E-state index >= 15 is 0 Å². The Morgan fingerprint density at radius 3 is 2.40 bits per heavy atom. The maximum Gasteiger partial charge on any atom is 0.240 e. The van der Waals surface area contributed by atoms with Gasteiger partial charge in [-0.3, -0.25) is 0 Å². The molecule has 0 heterocycles. The summed E-state index contributed by atoms with van der Waals surface area (Å²) < 4.78 is 27.1. The summed E-state index contributed by atoms with van der Waals surface area (Å²) >= 11 is 0. The maximum absolute atomic E-state index is 12.2. The second-order valence-corrected chi connectivity index (χ2v) is 7.22. The van der Waals surface area contributed by atoms with E-state index < -0.39 is 10.0 Å². The van der Waals surface area contributed by atoms with Crippen LogP contribution in [0.3, 0.4) is 0 Å². The molecule has 0 atom stereocenters. The normalized spacial score (nSPS) is 16.4. The molecular weight excluding hydrogens is 272 g/mol. The van der Waals surface area contributed by atoms with Crippen molar-refractivity contribution in [1.82, 2.24) is 4.72 Å². The molecule has 0 amide bonds. The lowest BCUT2D eigenvalue weighted by molar-refractivity contribution is 0.519. The molecule has 1 aliphatic carbocycles. The van der Waals surface area contributed by atoms with Crippen LogP contribution in [0.25, 0.3) is 0 Å². The molecule has 5 heteroatoms. The van der Waals surface area contributed by atoms with E-state index in [0.29, 0.717) is 17.4 Å². The van der Waals surface area contributed by atoms with Gasteiger partial charge in [-0.05, 0) is 49.4 Å². The number of nitrogens with one attached hydrogen (secondary N) is 2.